The number of anilines is 1. The third-order valence-corrected chi connectivity index (χ3v) is 6.79. The first-order chi connectivity index (χ1) is 15.2. The summed E-state index contributed by atoms with van der Waals surface area (Å²) in [6.45, 7) is 0.335. The van der Waals surface area contributed by atoms with Gasteiger partial charge < -0.3 is 5.32 Å². The average molecular weight is 488 g/mol. The second-order valence-corrected chi connectivity index (χ2v) is 10.1. The Morgan fingerprint density at radius 3 is 2.47 bits per heavy atom. The SMILES string of the molecule is NS(=O)(=O)c1ccc(NC(=O)CCCN2C(=O)/C(=C/C=C/c3ccccc3)SC2=S)cc1. The number of primary sulfonamides is 1. The predicted molar refractivity (Wildman–Crippen MR) is 131 cm³/mol. The van der Waals surface area contributed by atoms with Crippen LogP contribution in [0.1, 0.15) is 18.4 Å². The maximum absolute atomic E-state index is 12.6. The summed E-state index contributed by atoms with van der Waals surface area (Å²) in [7, 11) is -3.78. The number of hydrogen-bond acceptors (Lipinski definition) is 6. The summed E-state index contributed by atoms with van der Waals surface area (Å²) in [6, 6.07) is 15.3. The number of sulfonamides is 1. The summed E-state index contributed by atoms with van der Waals surface area (Å²) in [4.78, 5) is 26.8. The van der Waals surface area contributed by atoms with E-state index in [0.29, 0.717) is 27.9 Å². The summed E-state index contributed by atoms with van der Waals surface area (Å²) in [5.41, 5.74) is 1.49. The molecule has 1 fully saturated rings. The number of carbonyl (C=O) groups excluding carboxylic acids is 2. The largest absolute Gasteiger partial charge is 0.326 e. The maximum atomic E-state index is 12.6. The molecule has 2 amide bonds. The molecule has 32 heavy (non-hydrogen) atoms. The van der Waals surface area contributed by atoms with E-state index in [0.717, 1.165) is 5.56 Å². The van der Waals surface area contributed by atoms with Crippen LogP contribution in [-0.4, -0.2) is 36.0 Å². The van der Waals surface area contributed by atoms with Crippen molar-refractivity contribution in [1.82, 2.24) is 4.90 Å². The number of amides is 2. The molecule has 0 saturated carbocycles. The van der Waals surface area contributed by atoms with Crippen LogP contribution in [0.5, 0.6) is 0 Å². The van der Waals surface area contributed by atoms with Gasteiger partial charge in [0, 0.05) is 18.7 Å². The van der Waals surface area contributed by atoms with E-state index in [1.165, 1.54) is 40.9 Å². The van der Waals surface area contributed by atoms with E-state index in [1.54, 1.807) is 6.08 Å². The molecular formula is C22H21N3O4S3. The van der Waals surface area contributed by atoms with Crippen LogP contribution in [0.2, 0.25) is 0 Å². The van der Waals surface area contributed by atoms with Gasteiger partial charge in [-0.15, -0.1) is 0 Å². The average Bonchev–Trinajstić information content (AvgIpc) is 3.02. The quantitative estimate of drug-likeness (QED) is 0.436. The van der Waals surface area contributed by atoms with Gasteiger partial charge in [0.15, 0.2) is 0 Å². The number of benzene rings is 2. The van der Waals surface area contributed by atoms with E-state index in [9.17, 15) is 18.0 Å². The van der Waals surface area contributed by atoms with E-state index in [-0.39, 0.29) is 23.1 Å². The third kappa shape index (κ3) is 6.60. The van der Waals surface area contributed by atoms with Crippen LogP contribution < -0.4 is 10.5 Å². The van der Waals surface area contributed by atoms with Gasteiger partial charge in [0.1, 0.15) is 4.32 Å². The van der Waals surface area contributed by atoms with Crippen molar-refractivity contribution >= 4 is 61.9 Å². The van der Waals surface area contributed by atoms with E-state index >= 15 is 0 Å². The molecular weight excluding hydrogens is 466 g/mol. The fourth-order valence-electron chi connectivity index (χ4n) is 2.87. The number of thioether (sulfide) groups is 1. The minimum absolute atomic E-state index is 0.0310. The minimum Gasteiger partial charge on any atom is -0.326 e. The lowest BCUT2D eigenvalue weighted by atomic mass is 10.2. The Morgan fingerprint density at radius 1 is 1.12 bits per heavy atom. The van der Waals surface area contributed by atoms with Crippen molar-refractivity contribution in [2.75, 3.05) is 11.9 Å². The Labute approximate surface area is 196 Å². The topological polar surface area (TPSA) is 110 Å². The lowest BCUT2D eigenvalue weighted by Gasteiger charge is -2.14. The molecule has 1 heterocycles. The van der Waals surface area contributed by atoms with Gasteiger partial charge in [-0.25, -0.2) is 13.6 Å². The summed E-state index contributed by atoms with van der Waals surface area (Å²) in [6.07, 6.45) is 6.08. The molecule has 0 unspecified atom stereocenters. The van der Waals surface area contributed by atoms with Crippen molar-refractivity contribution in [2.45, 2.75) is 17.7 Å². The molecule has 1 aliphatic heterocycles. The highest BCUT2D eigenvalue weighted by Gasteiger charge is 2.31. The van der Waals surface area contributed by atoms with Gasteiger partial charge in [0.2, 0.25) is 15.9 Å². The Morgan fingerprint density at radius 2 is 1.81 bits per heavy atom. The fraction of sp³-hybridized carbons (Fsp3) is 0.136. The molecule has 0 bridgehead atoms. The standard InChI is InChI=1S/C22H21N3O4S3/c23-32(28,29)18-13-11-17(12-14-18)24-20(26)10-5-15-25-21(27)19(31-22(25)30)9-4-8-16-6-2-1-3-7-16/h1-4,6-9,11-14H,5,10,15H2,(H,24,26)(H2,23,28,29)/b8-4+,19-9-. The molecule has 0 atom stereocenters. The summed E-state index contributed by atoms with van der Waals surface area (Å²) in [5, 5.41) is 7.74. The second kappa shape index (κ2) is 10.7. The molecule has 1 aliphatic rings. The van der Waals surface area contributed by atoms with Crippen LogP contribution in [0.15, 0.2) is 76.5 Å². The lowest BCUT2D eigenvalue weighted by Crippen LogP contribution is -2.29. The van der Waals surface area contributed by atoms with Crippen molar-refractivity contribution < 1.29 is 18.0 Å². The number of thiocarbonyl (C=S) groups is 1. The van der Waals surface area contributed by atoms with Gasteiger partial charge in [-0.2, -0.15) is 0 Å². The highest BCUT2D eigenvalue weighted by Crippen LogP contribution is 2.31. The maximum Gasteiger partial charge on any atom is 0.266 e. The smallest absolute Gasteiger partial charge is 0.266 e. The predicted octanol–water partition coefficient (Wildman–Crippen LogP) is 3.51. The Kier molecular flexibility index (Phi) is 7.97. The van der Waals surface area contributed by atoms with Gasteiger partial charge in [-0.1, -0.05) is 66.5 Å². The monoisotopic (exact) mass is 487 g/mol. The van der Waals surface area contributed by atoms with Crippen molar-refractivity contribution in [3.8, 4) is 0 Å². The van der Waals surface area contributed by atoms with Crippen LogP contribution in [-0.2, 0) is 19.6 Å². The third-order valence-electron chi connectivity index (χ3n) is 4.46. The normalized spacial score (nSPS) is 15.7. The number of hydrogen-bond donors (Lipinski definition) is 2. The molecule has 3 N–H and O–H groups in total. The zero-order valence-electron chi connectivity index (χ0n) is 16.9. The zero-order valence-corrected chi connectivity index (χ0v) is 19.4. The van der Waals surface area contributed by atoms with Gasteiger partial charge >= 0.3 is 0 Å². The van der Waals surface area contributed by atoms with Crippen LogP contribution in [0.4, 0.5) is 5.69 Å². The van der Waals surface area contributed by atoms with Gasteiger partial charge in [-0.3, -0.25) is 14.5 Å². The van der Waals surface area contributed by atoms with E-state index in [1.807, 2.05) is 42.5 Å². The summed E-state index contributed by atoms with van der Waals surface area (Å²) < 4.78 is 23.0. The molecule has 1 saturated heterocycles. The molecule has 3 rings (SSSR count). The number of allylic oxidation sites excluding steroid dienone is 2. The zero-order chi connectivity index (χ0) is 23.1. The lowest BCUT2D eigenvalue weighted by molar-refractivity contribution is -0.122. The Bertz CT molecular complexity index is 1170. The number of nitrogens with one attached hydrogen (secondary N) is 1. The molecule has 0 aromatic heterocycles. The van der Waals surface area contributed by atoms with Gasteiger partial charge in [0.05, 0.1) is 9.80 Å². The molecule has 0 aliphatic carbocycles. The first-order valence-corrected chi connectivity index (χ1v) is 12.4. The highest BCUT2D eigenvalue weighted by atomic mass is 32.2. The van der Waals surface area contributed by atoms with E-state index in [2.05, 4.69) is 5.32 Å². The Hall–Kier alpha value is -2.79. The number of nitrogens with zero attached hydrogens (tertiary/aromatic N) is 1. The van der Waals surface area contributed by atoms with Crippen LogP contribution in [0.3, 0.4) is 0 Å². The van der Waals surface area contributed by atoms with Crippen LogP contribution >= 0.6 is 24.0 Å². The second-order valence-electron chi connectivity index (χ2n) is 6.85. The summed E-state index contributed by atoms with van der Waals surface area (Å²) >= 11 is 6.55. The number of rotatable bonds is 8. The molecule has 7 nitrogen and oxygen atoms in total. The van der Waals surface area contributed by atoms with E-state index < -0.39 is 10.0 Å². The number of nitrogens with two attached hydrogens (primary N) is 1. The van der Waals surface area contributed by atoms with Crippen molar-refractivity contribution in [1.29, 1.82) is 0 Å². The molecule has 2 aromatic rings. The molecule has 10 heteroatoms. The van der Waals surface area contributed by atoms with Gasteiger partial charge in [-0.05, 0) is 42.3 Å². The minimum atomic E-state index is -3.78. The van der Waals surface area contributed by atoms with Gasteiger partial charge in [0.25, 0.3) is 5.91 Å². The molecule has 166 valence electrons. The fourth-order valence-corrected chi connectivity index (χ4v) is 4.64. The molecule has 0 radical (unpaired) electrons. The van der Waals surface area contributed by atoms with Crippen molar-refractivity contribution in [3.05, 3.63) is 77.2 Å². The van der Waals surface area contributed by atoms with Crippen LogP contribution in [0, 0.1) is 0 Å². The van der Waals surface area contributed by atoms with Crippen molar-refractivity contribution in [3.63, 3.8) is 0 Å². The Balaban J connectivity index is 1.48. The van der Waals surface area contributed by atoms with E-state index in [4.69, 9.17) is 17.4 Å². The number of carbonyl (C=O) groups is 2. The van der Waals surface area contributed by atoms with Crippen LogP contribution in [0.25, 0.3) is 6.08 Å². The highest BCUT2D eigenvalue weighted by molar-refractivity contribution is 8.26. The molecule has 2 aromatic carbocycles. The molecule has 0 spiro atoms. The first-order valence-electron chi connectivity index (χ1n) is 9.64. The van der Waals surface area contributed by atoms with Crippen molar-refractivity contribution in [2.24, 2.45) is 5.14 Å². The first kappa shape index (κ1) is 23.9. The summed E-state index contributed by atoms with van der Waals surface area (Å²) in [5.74, 6) is -0.420.